The lowest BCUT2D eigenvalue weighted by molar-refractivity contribution is 0.0867. The van der Waals surface area contributed by atoms with Crippen LogP contribution in [-0.2, 0) is 16.3 Å². The van der Waals surface area contributed by atoms with Gasteiger partial charge in [-0.3, -0.25) is 4.98 Å². The highest BCUT2D eigenvalue weighted by atomic mass is 32.2. The Morgan fingerprint density at radius 2 is 2.00 bits per heavy atom. The molecule has 3 heterocycles. The van der Waals surface area contributed by atoms with Crippen molar-refractivity contribution < 1.29 is 32.2 Å². The lowest BCUT2D eigenvalue weighted by atomic mass is 10.1. The minimum Gasteiger partial charge on any atom is -0.473 e. The van der Waals surface area contributed by atoms with E-state index in [1.54, 1.807) is 0 Å². The van der Waals surface area contributed by atoms with Gasteiger partial charge < -0.3 is 19.5 Å². The average Bonchev–Trinajstić information content (AvgIpc) is 2.74. The molecule has 170 valence electrons. The molecule has 3 rings (SSSR count). The fourth-order valence-electron chi connectivity index (χ4n) is 3.03. The predicted molar refractivity (Wildman–Crippen MR) is 111 cm³/mol. The fourth-order valence-corrected chi connectivity index (χ4v) is 3.61. The molecular weight excluding hydrogens is 443 g/mol. The van der Waals surface area contributed by atoms with Crippen LogP contribution < -0.4 is 9.47 Å². The quantitative estimate of drug-likeness (QED) is 0.610. The molecule has 1 aliphatic heterocycles. The van der Waals surface area contributed by atoms with Gasteiger partial charge in [-0.2, -0.15) is 0 Å². The van der Waals surface area contributed by atoms with E-state index in [2.05, 4.69) is 20.9 Å². The average molecular weight is 464 g/mol. The number of carboxylic acid groups (broad SMARTS) is 1. The Morgan fingerprint density at radius 1 is 1.31 bits per heavy atom. The number of halogens is 1. The van der Waals surface area contributed by atoms with Crippen molar-refractivity contribution in [2.75, 3.05) is 25.1 Å². The van der Waals surface area contributed by atoms with Crippen LogP contribution in [0.3, 0.4) is 0 Å². The summed E-state index contributed by atoms with van der Waals surface area (Å²) in [4.78, 5) is 24.3. The number of aryl methyl sites for hydroxylation is 1. The summed E-state index contributed by atoms with van der Waals surface area (Å²) in [5, 5.41) is 9.04. The van der Waals surface area contributed by atoms with Gasteiger partial charge in [-0.05, 0) is 6.07 Å². The van der Waals surface area contributed by atoms with Gasteiger partial charge in [0.15, 0.2) is 11.6 Å². The number of hydrogen-bond acceptors (Lipinski definition) is 8. The second-order valence-electron chi connectivity index (χ2n) is 7.18. The molecule has 2 aromatic heterocycles. The molecule has 1 N–H and O–H groups in total. The van der Waals surface area contributed by atoms with Crippen LogP contribution in [0.15, 0.2) is 18.6 Å². The second kappa shape index (κ2) is 9.78. The van der Waals surface area contributed by atoms with Crippen molar-refractivity contribution in [3.8, 4) is 29.9 Å². The van der Waals surface area contributed by atoms with E-state index in [1.807, 2.05) is 0 Å². The Balaban J connectivity index is 1.73. The van der Waals surface area contributed by atoms with Crippen LogP contribution in [0.2, 0.25) is 0 Å². The molecule has 2 aromatic rings. The summed E-state index contributed by atoms with van der Waals surface area (Å²) < 4.78 is 48.3. The van der Waals surface area contributed by atoms with Crippen molar-refractivity contribution in [3.05, 3.63) is 35.7 Å². The summed E-state index contributed by atoms with van der Waals surface area (Å²) in [7, 11) is -3.21. The normalized spacial score (nSPS) is 14.6. The smallest absolute Gasteiger partial charge is 0.407 e. The van der Waals surface area contributed by atoms with Crippen molar-refractivity contribution in [3.63, 3.8) is 0 Å². The van der Waals surface area contributed by atoms with Crippen LogP contribution >= 0.6 is 0 Å². The molecule has 0 radical (unpaired) electrons. The largest absolute Gasteiger partial charge is 0.473 e. The van der Waals surface area contributed by atoms with Gasteiger partial charge in [-0.15, -0.1) is 6.42 Å². The molecule has 0 atom stereocenters. The number of aromatic nitrogens is 3. The van der Waals surface area contributed by atoms with Crippen LogP contribution in [0.4, 0.5) is 9.18 Å². The van der Waals surface area contributed by atoms with Crippen LogP contribution in [0.25, 0.3) is 0 Å². The Hall–Kier alpha value is -3.46. The maximum absolute atomic E-state index is 14.5. The Labute approximate surface area is 184 Å². The molecule has 0 bridgehead atoms. The minimum absolute atomic E-state index is 0.0673. The summed E-state index contributed by atoms with van der Waals surface area (Å²) >= 11 is 0. The second-order valence-corrected chi connectivity index (χ2v) is 9.44. The zero-order chi connectivity index (χ0) is 23.3. The molecule has 0 unspecified atom stereocenters. The molecule has 1 saturated heterocycles. The number of rotatable bonds is 7. The third-order valence-corrected chi connectivity index (χ3v) is 5.67. The van der Waals surface area contributed by atoms with Gasteiger partial charge >= 0.3 is 6.09 Å². The topological polar surface area (TPSA) is 132 Å². The summed E-state index contributed by atoms with van der Waals surface area (Å²) in [6.07, 6.45) is 8.65. The van der Waals surface area contributed by atoms with E-state index in [1.165, 1.54) is 4.90 Å². The first-order valence-corrected chi connectivity index (χ1v) is 11.7. The Bertz CT molecular complexity index is 1140. The molecule has 0 spiro atoms. The number of carbonyl (C=O) groups is 1. The van der Waals surface area contributed by atoms with E-state index in [-0.39, 0.29) is 47.0 Å². The molecule has 10 nitrogen and oxygen atoms in total. The highest BCUT2D eigenvalue weighted by Gasteiger charge is 2.25. The molecule has 1 fully saturated rings. The minimum atomic E-state index is -3.21. The molecule has 0 saturated carbocycles. The number of sulfone groups is 1. The lowest BCUT2D eigenvalue weighted by Gasteiger charge is -2.30. The zero-order valence-electron chi connectivity index (χ0n) is 17.2. The van der Waals surface area contributed by atoms with Crippen molar-refractivity contribution in [2.24, 2.45) is 0 Å². The number of amides is 1. The van der Waals surface area contributed by atoms with Crippen LogP contribution in [0.1, 0.15) is 24.1 Å². The van der Waals surface area contributed by atoms with Crippen LogP contribution in [0.5, 0.6) is 17.5 Å². The van der Waals surface area contributed by atoms with Crippen LogP contribution in [-0.4, -0.2) is 70.7 Å². The van der Waals surface area contributed by atoms with E-state index in [9.17, 15) is 17.6 Å². The van der Waals surface area contributed by atoms with Gasteiger partial charge in [0.05, 0.1) is 11.9 Å². The molecule has 12 heteroatoms. The molecule has 32 heavy (non-hydrogen) atoms. The Morgan fingerprint density at radius 3 is 2.59 bits per heavy atom. The number of hydrogen-bond donors (Lipinski definition) is 1. The number of likely N-dealkylation sites (tertiary alicyclic amines) is 1. The van der Waals surface area contributed by atoms with Crippen molar-refractivity contribution in [1.82, 2.24) is 19.9 Å². The van der Waals surface area contributed by atoms with Gasteiger partial charge in [-0.1, -0.05) is 5.92 Å². The number of ether oxygens (including phenoxy) is 2. The predicted octanol–water partition coefficient (Wildman–Crippen LogP) is 1.89. The van der Waals surface area contributed by atoms with Gasteiger partial charge in [-0.25, -0.2) is 27.6 Å². The van der Waals surface area contributed by atoms with E-state index >= 15 is 0 Å². The summed E-state index contributed by atoms with van der Waals surface area (Å²) in [5.41, 5.74) is 0.338. The lowest BCUT2D eigenvalue weighted by Crippen LogP contribution is -2.41. The summed E-state index contributed by atoms with van der Waals surface area (Å²) in [6, 6.07) is 1.09. The maximum atomic E-state index is 14.5. The van der Waals surface area contributed by atoms with Crippen LogP contribution in [0, 0.1) is 18.2 Å². The summed E-state index contributed by atoms with van der Waals surface area (Å²) in [5.74, 6) is 1.19. The number of nitrogens with zero attached hydrogens (tertiary/aromatic N) is 4. The van der Waals surface area contributed by atoms with E-state index in [0.29, 0.717) is 25.9 Å². The Kier molecular flexibility index (Phi) is 7.09. The first-order valence-electron chi connectivity index (χ1n) is 9.62. The number of piperidine rings is 1. The highest BCUT2D eigenvalue weighted by molar-refractivity contribution is 7.90. The first kappa shape index (κ1) is 23.2. The maximum Gasteiger partial charge on any atom is 0.407 e. The fraction of sp³-hybridized carbons (Fsp3) is 0.400. The molecule has 0 aliphatic carbocycles. The molecule has 1 amide bonds. The standard InChI is InChI=1S/C20H21FN4O6S/c1-3-15-18(30-14-4-7-25(8-5-14)20(26)27)23-12-24-19(15)31-17-11-22-13(10-16(17)21)6-9-32(2,28)29/h1,10-12,14H,4-9H2,2H3,(H,26,27). The van der Waals surface area contributed by atoms with Crippen molar-refractivity contribution in [1.29, 1.82) is 0 Å². The number of pyridine rings is 1. The highest BCUT2D eigenvalue weighted by Crippen LogP contribution is 2.30. The molecular formula is C20H21FN4O6S. The van der Waals surface area contributed by atoms with Gasteiger partial charge in [0.1, 0.15) is 27.8 Å². The molecule has 1 aliphatic rings. The van der Waals surface area contributed by atoms with Gasteiger partial charge in [0.2, 0.25) is 11.8 Å². The molecule has 0 aromatic carbocycles. The third kappa shape index (κ3) is 6.04. The zero-order valence-corrected chi connectivity index (χ0v) is 18.0. The third-order valence-electron chi connectivity index (χ3n) is 4.72. The van der Waals surface area contributed by atoms with Gasteiger partial charge in [0, 0.05) is 44.3 Å². The van der Waals surface area contributed by atoms with Gasteiger partial charge in [0.25, 0.3) is 0 Å². The SMILES string of the molecule is C#Cc1c(Oc2cnc(CCS(C)(=O)=O)cc2F)ncnc1OC1CCN(C(=O)O)CC1. The van der Waals surface area contributed by atoms with Crippen molar-refractivity contribution >= 4 is 15.9 Å². The van der Waals surface area contributed by atoms with Crippen molar-refractivity contribution in [2.45, 2.75) is 25.4 Å². The van der Waals surface area contributed by atoms with E-state index < -0.39 is 21.7 Å². The van der Waals surface area contributed by atoms with E-state index in [4.69, 9.17) is 21.0 Å². The number of terminal acetylenes is 1. The first-order chi connectivity index (χ1) is 15.2. The summed E-state index contributed by atoms with van der Waals surface area (Å²) in [6.45, 7) is 0.644. The van der Waals surface area contributed by atoms with E-state index in [0.717, 1.165) is 24.8 Å². The monoisotopic (exact) mass is 464 g/mol.